The molecule has 2 atom stereocenters. The van der Waals surface area contributed by atoms with Crippen molar-refractivity contribution in [1.29, 1.82) is 0 Å². The maximum Gasteiger partial charge on any atom is 0.341 e. The van der Waals surface area contributed by atoms with Crippen LogP contribution in [0, 0.1) is 12.8 Å². The molecule has 1 heterocycles. The molecule has 1 aliphatic carbocycles. The predicted octanol–water partition coefficient (Wildman–Crippen LogP) is 2.65. The first-order valence-electron chi connectivity index (χ1n) is 6.51. The Morgan fingerprint density at radius 1 is 1.56 bits per heavy atom. The van der Waals surface area contributed by atoms with Gasteiger partial charge in [-0.25, -0.2) is 4.79 Å². The summed E-state index contributed by atoms with van der Waals surface area (Å²) >= 11 is 0. The number of carbonyl (C=O) groups is 1. The van der Waals surface area contributed by atoms with E-state index in [1.54, 1.807) is 13.0 Å². The van der Waals surface area contributed by atoms with Crippen LogP contribution in [-0.4, -0.2) is 19.1 Å². The van der Waals surface area contributed by atoms with Gasteiger partial charge in [-0.05, 0) is 38.2 Å². The van der Waals surface area contributed by atoms with Gasteiger partial charge >= 0.3 is 5.97 Å². The fraction of sp³-hybridized carbons (Fsp3) is 0.643. The number of hydrogen-bond acceptors (Lipinski definition) is 4. The number of hydrogen-bond donors (Lipinski definition) is 1. The van der Waals surface area contributed by atoms with E-state index in [9.17, 15) is 4.79 Å². The first-order valence-corrected chi connectivity index (χ1v) is 6.51. The molecule has 1 aromatic rings. The molecule has 2 rings (SSSR count). The van der Waals surface area contributed by atoms with E-state index in [1.807, 2.05) is 0 Å². The Morgan fingerprint density at radius 3 is 2.94 bits per heavy atom. The molecule has 4 heteroatoms. The van der Waals surface area contributed by atoms with E-state index in [1.165, 1.54) is 26.4 Å². The summed E-state index contributed by atoms with van der Waals surface area (Å²) in [5.74, 6) is 1.90. The number of nitrogens with one attached hydrogen (secondary N) is 1. The molecule has 1 saturated carbocycles. The molecular weight excluding hydrogens is 230 g/mol. The third-order valence-corrected chi connectivity index (χ3v) is 3.63. The lowest BCUT2D eigenvalue weighted by molar-refractivity contribution is 0.0599. The standard InChI is InChI=1S/C14H21NO3/c1-9-4-5-11(6-9)15-8-12-7-13(10(2)18-12)14(16)17-3/h7,9,11,15H,4-6,8H2,1-3H3. The summed E-state index contributed by atoms with van der Waals surface area (Å²) in [4.78, 5) is 11.4. The Balaban J connectivity index is 1.92. The van der Waals surface area contributed by atoms with Gasteiger partial charge < -0.3 is 14.5 Å². The highest BCUT2D eigenvalue weighted by molar-refractivity contribution is 5.90. The van der Waals surface area contributed by atoms with Gasteiger partial charge in [0.1, 0.15) is 17.1 Å². The zero-order valence-electron chi connectivity index (χ0n) is 11.3. The van der Waals surface area contributed by atoms with Crippen LogP contribution in [-0.2, 0) is 11.3 Å². The van der Waals surface area contributed by atoms with Crippen LogP contribution in [0.1, 0.15) is 48.1 Å². The lowest BCUT2D eigenvalue weighted by Gasteiger charge is -2.10. The van der Waals surface area contributed by atoms with Crippen LogP contribution in [0.15, 0.2) is 10.5 Å². The second kappa shape index (κ2) is 5.57. The summed E-state index contributed by atoms with van der Waals surface area (Å²) in [6.07, 6.45) is 3.75. The summed E-state index contributed by atoms with van der Waals surface area (Å²) in [5.41, 5.74) is 0.522. The minimum absolute atomic E-state index is 0.336. The highest BCUT2D eigenvalue weighted by Crippen LogP contribution is 2.25. The van der Waals surface area contributed by atoms with E-state index in [2.05, 4.69) is 12.2 Å². The third kappa shape index (κ3) is 2.93. The number of methoxy groups -OCH3 is 1. The molecule has 0 aromatic carbocycles. The minimum atomic E-state index is -0.336. The van der Waals surface area contributed by atoms with E-state index in [4.69, 9.17) is 9.15 Å². The Labute approximate surface area is 108 Å². The van der Waals surface area contributed by atoms with E-state index < -0.39 is 0 Å². The topological polar surface area (TPSA) is 51.5 Å². The molecule has 4 nitrogen and oxygen atoms in total. The molecule has 1 fully saturated rings. The second-order valence-corrected chi connectivity index (χ2v) is 5.17. The van der Waals surface area contributed by atoms with Gasteiger partial charge in [0.2, 0.25) is 0 Å². The van der Waals surface area contributed by atoms with Crippen molar-refractivity contribution < 1.29 is 13.9 Å². The van der Waals surface area contributed by atoms with Gasteiger partial charge in [-0.3, -0.25) is 0 Å². The summed E-state index contributed by atoms with van der Waals surface area (Å²) in [5, 5.41) is 3.48. The van der Waals surface area contributed by atoms with Crippen molar-refractivity contribution in [2.75, 3.05) is 7.11 Å². The van der Waals surface area contributed by atoms with Crippen molar-refractivity contribution in [2.45, 2.75) is 45.7 Å². The van der Waals surface area contributed by atoms with Gasteiger partial charge in [0.15, 0.2) is 0 Å². The summed E-state index contributed by atoms with van der Waals surface area (Å²) in [6, 6.07) is 2.35. The smallest absolute Gasteiger partial charge is 0.341 e. The van der Waals surface area contributed by atoms with Crippen molar-refractivity contribution in [3.63, 3.8) is 0 Å². The Hall–Kier alpha value is -1.29. The van der Waals surface area contributed by atoms with Gasteiger partial charge in [0, 0.05) is 6.04 Å². The molecular formula is C14H21NO3. The molecule has 0 amide bonds. The highest BCUT2D eigenvalue weighted by atomic mass is 16.5. The molecule has 18 heavy (non-hydrogen) atoms. The lowest BCUT2D eigenvalue weighted by atomic mass is 10.1. The molecule has 1 N–H and O–H groups in total. The Kier molecular flexibility index (Phi) is 4.07. The van der Waals surface area contributed by atoms with Gasteiger partial charge in [-0.15, -0.1) is 0 Å². The van der Waals surface area contributed by atoms with Crippen molar-refractivity contribution in [1.82, 2.24) is 5.32 Å². The van der Waals surface area contributed by atoms with E-state index >= 15 is 0 Å². The molecule has 1 aliphatic rings. The van der Waals surface area contributed by atoms with Crippen molar-refractivity contribution >= 4 is 5.97 Å². The van der Waals surface area contributed by atoms with E-state index in [0.29, 0.717) is 23.9 Å². The molecule has 0 spiro atoms. The fourth-order valence-corrected chi connectivity index (χ4v) is 2.58. The molecule has 100 valence electrons. The zero-order valence-corrected chi connectivity index (χ0v) is 11.3. The molecule has 0 aliphatic heterocycles. The van der Waals surface area contributed by atoms with E-state index in [-0.39, 0.29) is 5.97 Å². The Morgan fingerprint density at radius 2 is 2.33 bits per heavy atom. The number of furan rings is 1. The van der Waals surface area contributed by atoms with Crippen molar-refractivity contribution in [3.8, 4) is 0 Å². The highest BCUT2D eigenvalue weighted by Gasteiger charge is 2.21. The van der Waals surface area contributed by atoms with Gasteiger partial charge in [-0.2, -0.15) is 0 Å². The number of esters is 1. The quantitative estimate of drug-likeness (QED) is 0.836. The normalized spacial score (nSPS) is 23.3. The Bertz CT molecular complexity index is 425. The monoisotopic (exact) mass is 251 g/mol. The maximum atomic E-state index is 11.4. The summed E-state index contributed by atoms with van der Waals surface area (Å²) < 4.78 is 10.3. The van der Waals surface area contributed by atoms with Gasteiger partial charge in [-0.1, -0.05) is 6.92 Å². The van der Waals surface area contributed by atoms with Crippen LogP contribution < -0.4 is 5.32 Å². The molecule has 0 saturated heterocycles. The first-order chi connectivity index (χ1) is 8.60. The van der Waals surface area contributed by atoms with E-state index in [0.717, 1.165) is 11.7 Å². The van der Waals surface area contributed by atoms with Gasteiger partial charge in [0.05, 0.1) is 13.7 Å². The van der Waals surface area contributed by atoms with Crippen LogP contribution in [0.2, 0.25) is 0 Å². The summed E-state index contributed by atoms with van der Waals surface area (Å²) in [7, 11) is 1.38. The molecule has 0 radical (unpaired) electrons. The number of rotatable bonds is 4. The number of carbonyl (C=O) groups excluding carboxylic acids is 1. The van der Waals surface area contributed by atoms with Crippen molar-refractivity contribution in [3.05, 3.63) is 23.2 Å². The van der Waals surface area contributed by atoms with Crippen LogP contribution >= 0.6 is 0 Å². The van der Waals surface area contributed by atoms with Crippen molar-refractivity contribution in [2.24, 2.45) is 5.92 Å². The SMILES string of the molecule is COC(=O)c1cc(CNC2CCC(C)C2)oc1C. The minimum Gasteiger partial charge on any atom is -0.465 e. The molecule has 2 unspecified atom stereocenters. The van der Waals surface area contributed by atoms with Crippen LogP contribution in [0.25, 0.3) is 0 Å². The zero-order chi connectivity index (χ0) is 13.1. The second-order valence-electron chi connectivity index (χ2n) is 5.17. The third-order valence-electron chi connectivity index (χ3n) is 3.63. The summed E-state index contributed by atoms with van der Waals surface area (Å²) in [6.45, 7) is 4.75. The first kappa shape index (κ1) is 13.1. The van der Waals surface area contributed by atoms with Crippen LogP contribution in [0.3, 0.4) is 0 Å². The number of aryl methyl sites for hydroxylation is 1. The van der Waals surface area contributed by atoms with Gasteiger partial charge in [0.25, 0.3) is 0 Å². The molecule has 0 bridgehead atoms. The predicted molar refractivity (Wildman–Crippen MR) is 68.4 cm³/mol. The molecule has 1 aromatic heterocycles. The number of ether oxygens (including phenoxy) is 1. The average Bonchev–Trinajstić information content (AvgIpc) is 2.92. The van der Waals surface area contributed by atoms with Crippen LogP contribution in [0.5, 0.6) is 0 Å². The fourth-order valence-electron chi connectivity index (χ4n) is 2.58. The largest absolute Gasteiger partial charge is 0.465 e. The maximum absolute atomic E-state index is 11.4. The average molecular weight is 251 g/mol. The van der Waals surface area contributed by atoms with Crippen LogP contribution in [0.4, 0.5) is 0 Å². The lowest BCUT2D eigenvalue weighted by Crippen LogP contribution is -2.25.